The number of piperidine rings is 1. The van der Waals surface area contributed by atoms with E-state index in [1.807, 2.05) is 5.32 Å². The van der Waals surface area contributed by atoms with Crippen molar-refractivity contribution in [2.45, 2.75) is 32.5 Å². The van der Waals surface area contributed by atoms with Crippen LogP contribution in [0.1, 0.15) is 25.3 Å². The van der Waals surface area contributed by atoms with Crippen molar-refractivity contribution in [3.63, 3.8) is 0 Å². The minimum Gasteiger partial charge on any atom is -0.318 e. The van der Waals surface area contributed by atoms with Crippen molar-refractivity contribution in [1.29, 1.82) is 0 Å². The number of nitrogens with one attached hydrogen (secondary N) is 1. The monoisotopic (exact) mass is 300 g/mol. The van der Waals surface area contributed by atoms with Crippen LogP contribution in [-0.4, -0.2) is 30.1 Å². The summed E-state index contributed by atoms with van der Waals surface area (Å²) in [6, 6.07) is 6.52. The molecule has 0 bridgehead atoms. The van der Waals surface area contributed by atoms with Gasteiger partial charge >= 0.3 is 12.1 Å². The molecule has 0 aliphatic carbocycles. The normalized spacial score (nSPS) is 17.7. The summed E-state index contributed by atoms with van der Waals surface area (Å²) in [5.41, 5.74) is 1.20. The van der Waals surface area contributed by atoms with Gasteiger partial charge < -0.3 is 5.32 Å². The molecule has 116 valence electrons. The quantitative estimate of drug-likeness (QED) is 0.927. The molecular formula is C15H19F3N2O. The molecule has 6 heteroatoms. The van der Waals surface area contributed by atoms with Gasteiger partial charge in [-0.25, -0.2) is 0 Å². The molecule has 1 aromatic rings. The van der Waals surface area contributed by atoms with Gasteiger partial charge in [-0.1, -0.05) is 19.1 Å². The number of hydrogen-bond acceptors (Lipinski definition) is 2. The molecule has 1 aliphatic heterocycles. The molecule has 1 fully saturated rings. The van der Waals surface area contributed by atoms with E-state index in [-0.39, 0.29) is 5.69 Å². The molecule has 0 spiro atoms. The fourth-order valence-electron chi connectivity index (χ4n) is 2.37. The Morgan fingerprint density at radius 2 is 1.81 bits per heavy atom. The average Bonchev–Trinajstić information content (AvgIpc) is 2.42. The molecule has 1 saturated heterocycles. The molecule has 0 saturated carbocycles. The Morgan fingerprint density at radius 1 is 1.24 bits per heavy atom. The van der Waals surface area contributed by atoms with Gasteiger partial charge in [0.15, 0.2) is 0 Å². The van der Waals surface area contributed by atoms with E-state index in [0.29, 0.717) is 0 Å². The van der Waals surface area contributed by atoms with Crippen LogP contribution in [0.4, 0.5) is 18.9 Å². The van der Waals surface area contributed by atoms with Crippen molar-refractivity contribution >= 4 is 11.6 Å². The summed E-state index contributed by atoms with van der Waals surface area (Å²) in [4.78, 5) is 13.2. The van der Waals surface area contributed by atoms with Crippen LogP contribution in [0.5, 0.6) is 0 Å². The first-order valence-electron chi connectivity index (χ1n) is 7.04. The van der Waals surface area contributed by atoms with Crippen molar-refractivity contribution in [3.8, 4) is 0 Å². The lowest BCUT2D eigenvalue weighted by Gasteiger charge is -2.30. The highest BCUT2D eigenvalue weighted by atomic mass is 19.4. The average molecular weight is 300 g/mol. The molecule has 0 aromatic heterocycles. The van der Waals surface area contributed by atoms with Crippen molar-refractivity contribution in [2.24, 2.45) is 5.92 Å². The number of hydrogen-bond donors (Lipinski definition) is 1. The Bertz CT molecular complexity index is 477. The van der Waals surface area contributed by atoms with Gasteiger partial charge in [0.2, 0.25) is 0 Å². The lowest BCUT2D eigenvalue weighted by molar-refractivity contribution is -0.167. The second-order valence-corrected chi connectivity index (χ2v) is 5.61. The molecule has 1 N–H and O–H groups in total. The topological polar surface area (TPSA) is 32.3 Å². The summed E-state index contributed by atoms with van der Waals surface area (Å²) < 4.78 is 36.4. The van der Waals surface area contributed by atoms with Crippen LogP contribution in [0, 0.1) is 5.92 Å². The molecular weight excluding hydrogens is 281 g/mol. The number of likely N-dealkylation sites (tertiary alicyclic amines) is 1. The maximum atomic E-state index is 12.1. The molecule has 21 heavy (non-hydrogen) atoms. The highest BCUT2D eigenvalue weighted by Crippen LogP contribution is 2.20. The summed E-state index contributed by atoms with van der Waals surface area (Å²) in [5, 5.41) is 1.84. The minimum absolute atomic E-state index is 0.161. The number of nitrogens with zero attached hydrogens (tertiary/aromatic N) is 1. The molecule has 1 amide bonds. The maximum absolute atomic E-state index is 12.1. The van der Waals surface area contributed by atoms with Crippen LogP contribution in [-0.2, 0) is 11.3 Å². The SMILES string of the molecule is CC1CCN(Cc2ccc(NC(=O)C(F)(F)F)cc2)CC1. The fraction of sp³-hybridized carbons (Fsp3) is 0.533. The smallest absolute Gasteiger partial charge is 0.318 e. The lowest BCUT2D eigenvalue weighted by atomic mass is 9.99. The first kappa shape index (κ1) is 15.8. The predicted octanol–water partition coefficient (Wildman–Crippen LogP) is 3.42. The van der Waals surface area contributed by atoms with E-state index in [9.17, 15) is 18.0 Å². The van der Waals surface area contributed by atoms with E-state index in [1.54, 1.807) is 12.1 Å². The van der Waals surface area contributed by atoms with Crippen molar-refractivity contribution < 1.29 is 18.0 Å². The number of carbonyl (C=O) groups excluding carboxylic acids is 1. The van der Waals surface area contributed by atoms with E-state index < -0.39 is 12.1 Å². The second kappa shape index (κ2) is 6.47. The van der Waals surface area contributed by atoms with Crippen LogP contribution in [0.2, 0.25) is 0 Å². The number of halogens is 3. The predicted molar refractivity (Wildman–Crippen MR) is 74.8 cm³/mol. The molecule has 1 heterocycles. The highest BCUT2D eigenvalue weighted by molar-refractivity contribution is 5.94. The van der Waals surface area contributed by atoms with Crippen LogP contribution in [0.15, 0.2) is 24.3 Å². The summed E-state index contributed by atoms with van der Waals surface area (Å²) in [6.45, 7) is 5.14. The van der Waals surface area contributed by atoms with Crippen LogP contribution in [0.3, 0.4) is 0 Å². The first-order valence-corrected chi connectivity index (χ1v) is 7.04. The Labute approximate surface area is 122 Å². The van der Waals surface area contributed by atoms with E-state index in [4.69, 9.17) is 0 Å². The van der Waals surface area contributed by atoms with Crippen LogP contribution >= 0.6 is 0 Å². The third-order valence-electron chi connectivity index (χ3n) is 3.75. The molecule has 1 aromatic carbocycles. The largest absolute Gasteiger partial charge is 0.471 e. The highest BCUT2D eigenvalue weighted by Gasteiger charge is 2.38. The summed E-state index contributed by atoms with van der Waals surface area (Å²) in [6.07, 6.45) is -2.50. The number of amides is 1. The van der Waals surface area contributed by atoms with Gasteiger partial charge in [0, 0.05) is 12.2 Å². The van der Waals surface area contributed by atoms with Crippen molar-refractivity contribution in [1.82, 2.24) is 4.90 Å². The van der Waals surface area contributed by atoms with Crippen molar-refractivity contribution in [3.05, 3.63) is 29.8 Å². The van der Waals surface area contributed by atoms with Crippen LogP contribution in [0.25, 0.3) is 0 Å². The van der Waals surface area contributed by atoms with Gasteiger partial charge in [0.25, 0.3) is 0 Å². The maximum Gasteiger partial charge on any atom is 0.471 e. The molecule has 0 unspecified atom stereocenters. The summed E-state index contributed by atoms with van der Waals surface area (Å²) in [7, 11) is 0. The number of carbonyl (C=O) groups is 1. The zero-order valence-electron chi connectivity index (χ0n) is 11.9. The Kier molecular flexibility index (Phi) is 4.88. The van der Waals surface area contributed by atoms with E-state index in [0.717, 1.165) is 31.1 Å². The summed E-state index contributed by atoms with van der Waals surface area (Å²) in [5.74, 6) is -1.18. The fourth-order valence-corrected chi connectivity index (χ4v) is 2.37. The van der Waals surface area contributed by atoms with Crippen molar-refractivity contribution in [2.75, 3.05) is 18.4 Å². The number of anilines is 1. The van der Waals surface area contributed by atoms with E-state index >= 15 is 0 Å². The van der Waals surface area contributed by atoms with Gasteiger partial charge in [-0.3, -0.25) is 9.69 Å². The first-order chi connectivity index (χ1) is 9.84. The van der Waals surface area contributed by atoms with E-state index in [1.165, 1.54) is 25.0 Å². The van der Waals surface area contributed by atoms with Gasteiger partial charge in [-0.05, 0) is 49.5 Å². The van der Waals surface area contributed by atoms with Gasteiger partial charge in [-0.2, -0.15) is 13.2 Å². The molecule has 0 atom stereocenters. The molecule has 3 nitrogen and oxygen atoms in total. The molecule has 1 aliphatic rings. The summed E-state index contributed by atoms with van der Waals surface area (Å²) >= 11 is 0. The number of benzene rings is 1. The number of alkyl halides is 3. The van der Waals surface area contributed by atoms with Crippen LogP contribution < -0.4 is 5.32 Å². The van der Waals surface area contributed by atoms with Gasteiger partial charge in [0.1, 0.15) is 0 Å². The number of rotatable bonds is 3. The Hall–Kier alpha value is -1.56. The Balaban J connectivity index is 1.89. The molecule has 0 radical (unpaired) electrons. The standard InChI is InChI=1S/C15H19F3N2O/c1-11-6-8-20(9-7-11)10-12-2-4-13(5-3-12)19-14(21)15(16,17)18/h2-5,11H,6-10H2,1H3,(H,19,21). The molecule has 2 rings (SSSR count). The zero-order chi connectivity index (χ0) is 15.5. The third-order valence-corrected chi connectivity index (χ3v) is 3.75. The lowest BCUT2D eigenvalue weighted by Crippen LogP contribution is -2.32. The zero-order valence-corrected chi connectivity index (χ0v) is 11.9. The van der Waals surface area contributed by atoms with Gasteiger partial charge in [-0.15, -0.1) is 0 Å². The minimum atomic E-state index is -4.86. The van der Waals surface area contributed by atoms with E-state index in [2.05, 4.69) is 11.8 Å². The van der Waals surface area contributed by atoms with Gasteiger partial charge in [0.05, 0.1) is 0 Å². The third kappa shape index (κ3) is 4.74. The second-order valence-electron chi connectivity index (χ2n) is 5.61. The Morgan fingerprint density at radius 3 is 2.33 bits per heavy atom.